The molecule has 168 valence electrons. The number of rotatable bonds is 8. The van der Waals surface area contributed by atoms with Crippen molar-refractivity contribution in [2.45, 2.75) is 26.8 Å². The number of fused-ring (bicyclic) bond motifs is 1. The number of benzene rings is 2. The van der Waals surface area contributed by atoms with E-state index in [1.165, 1.54) is 18.4 Å². The summed E-state index contributed by atoms with van der Waals surface area (Å²) in [5, 5.41) is 0. The van der Waals surface area contributed by atoms with Crippen molar-refractivity contribution >= 4 is 39.4 Å². The van der Waals surface area contributed by atoms with Gasteiger partial charge in [0, 0.05) is 0 Å². The van der Waals surface area contributed by atoms with Crippen LogP contribution in [0.4, 0.5) is 0 Å². The summed E-state index contributed by atoms with van der Waals surface area (Å²) in [6, 6.07) is 12.2. The van der Waals surface area contributed by atoms with E-state index < -0.39 is 11.9 Å². The van der Waals surface area contributed by atoms with Gasteiger partial charge in [-0.15, -0.1) is 0 Å². The molecular weight excluding hydrogens is 432 g/mol. The van der Waals surface area contributed by atoms with Gasteiger partial charge < -0.3 is 18.8 Å². The lowest BCUT2D eigenvalue weighted by molar-refractivity contribution is -0.141. The van der Waals surface area contributed by atoms with Crippen molar-refractivity contribution in [2.75, 3.05) is 20.3 Å². The molecule has 0 aliphatic rings. The summed E-state index contributed by atoms with van der Waals surface area (Å²) in [5.74, 6) is -0.532. The quantitative estimate of drug-likeness (QED) is 0.483. The van der Waals surface area contributed by atoms with Crippen molar-refractivity contribution in [3.8, 4) is 5.75 Å². The van der Waals surface area contributed by atoms with Gasteiger partial charge in [-0.25, -0.2) is 4.79 Å². The Balaban J connectivity index is 1.95. The summed E-state index contributed by atoms with van der Waals surface area (Å²) >= 11 is 1.21. The van der Waals surface area contributed by atoms with Gasteiger partial charge >= 0.3 is 11.9 Å². The summed E-state index contributed by atoms with van der Waals surface area (Å²) in [7, 11) is 1.30. The first-order chi connectivity index (χ1) is 15.4. The van der Waals surface area contributed by atoms with Crippen molar-refractivity contribution in [2.24, 2.45) is 4.99 Å². The van der Waals surface area contributed by atoms with Crippen LogP contribution in [-0.4, -0.2) is 42.7 Å². The minimum atomic E-state index is -0.473. The Morgan fingerprint density at radius 1 is 1.03 bits per heavy atom. The fraction of sp³-hybridized carbons (Fsp3) is 0.304. The van der Waals surface area contributed by atoms with E-state index in [-0.39, 0.29) is 25.5 Å². The first-order valence-electron chi connectivity index (χ1n) is 10.1. The molecule has 2 aromatic carbocycles. The van der Waals surface area contributed by atoms with Crippen LogP contribution in [0.25, 0.3) is 10.2 Å². The Morgan fingerprint density at radius 2 is 1.78 bits per heavy atom. The molecule has 0 N–H and O–H groups in total. The minimum absolute atomic E-state index is 0.104. The number of esters is 2. The topological polar surface area (TPSA) is 96.2 Å². The predicted octanol–water partition coefficient (Wildman–Crippen LogP) is 3.12. The van der Waals surface area contributed by atoms with Crippen molar-refractivity contribution in [3.63, 3.8) is 0 Å². The molecule has 0 radical (unpaired) electrons. The second kappa shape index (κ2) is 10.7. The lowest BCUT2D eigenvalue weighted by Crippen LogP contribution is -2.22. The molecular formula is C23H24N2O6S. The lowest BCUT2D eigenvalue weighted by Gasteiger charge is -2.05. The molecule has 0 fully saturated rings. The highest BCUT2D eigenvalue weighted by atomic mass is 32.1. The monoisotopic (exact) mass is 456 g/mol. The second-order valence-corrected chi connectivity index (χ2v) is 7.72. The maximum Gasteiger partial charge on any atom is 0.338 e. The van der Waals surface area contributed by atoms with Gasteiger partial charge in [-0.05, 0) is 49.7 Å². The highest BCUT2D eigenvalue weighted by Crippen LogP contribution is 2.20. The maximum atomic E-state index is 12.6. The third-order valence-corrected chi connectivity index (χ3v) is 5.56. The van der Waals surface area contributed by atoms with Gasteiger partial charge in [0.15, 0.2) is 4.80 Å². The van der Waals surface area contributed by atoms with Crippen LogP contribution in [0.5, 0.6) is 5.75 Å². The van der Waals surface area contributed by atoms with Gasteiger partial charge in [0.05, 0.1) is 42.5 Å². The zero-order valence-corrected chi connectivity index (χ0v) is 18.9. The third kappa shape index (κ3) is 5.61. The summed E-state index contributed by atoms with van der Waals surface area (Å²) in [6.45, 7) is 4.37. The number of carbonyl (C=O) groups is 3. The van der Waals surface area contributed by atoms with E-state index in [4.69, 9.17) is 14.2 Å². The number of aromatic nitrogens is 1. The van der Waals surface area contributed by atoms with Gasteiger partial charge in [0.1, 0.15) is 12.3 Å². The van der Waals surface area contributed by atoms with Crippen LogP contribution in [0.3, 0.4) is 0 Å². The number of amides is 1. The molecule has 0 aliphatic heterocycles. The molecule has 3 aromatic rings. The molecule has 32 heavy (non-hydrogen) atoms. The number of nitrogens with zero attached hydrogens (tertiary/aromatic N) is 2. The van der Waals surface area contributed by atoms with Gasteiger partial charge in [0.25, 0.3) is 5.91 Å². The minimum Gasteiger partial charge on any atom is -0.494 e. The van der Waals surface area contributed by atoms with E-state index in [0.717, 1.165) is 11.3 Å². The Hall–Kier alpha value is -3.46. The number of thiazole rings is 1. The summed E-state index contributed by atoms with van der Waals surface area (Å²) in [4.78, 5) is 41.2. The normalized spacial score (nSPS) is 11.4. The van der Waals surface area contributed by atoms with Crippen LogP contribution in [0.2, 0.25) is 0 Å². The van der Waals surface area contributed by atoms with Crippen LogP contribution < -0.4 is 9.54 Å². The zero-order chi connectivity index (χ0) is 23.1. The molecule has 0 aliphatic carbocycles. The van der Waals surface area contributed by atoms with Gasteiger partial charge in [-0.3, -0.25) is 9.59 Å². The smallest absolute Gasteiger partial charge is 0.338 e. The zero-order valence-electron chi connectivity index (χ0n) is 18.1. The Kier molecular flexibility index (Phi) is 7.77. The molecule has 1 heterocycles. The van der Waals surface area contributed by atoms with E-state index in [1.54, 1.807) is 41.8 Å². The maximum absolute atomic E-state index is 12.6. The van der Waals surface area contributed by atoms with Crippen molar-refractivity contribution in [1.82, 2.24) is 4.57 Å². The molecule has 3 rings (SSSR count). The van der Waals surface area contributed by atoms with Crippen molar-refractivity contribution in [3.05, 3.63) is 58.4 Å². The molecule has 0 spiro atoms. The fourth-order valence-electron chi connectivity index (χ4n) is 3.04. The van der Waals surface area contributed by atoms with E-state index in [1.807, 2.05) is 19.1 Å². The summed E-state index contributed by atoms with van der Waals surface area (Å²) < 4.78 is 17.6. The van der Waals surface area contributed by atoms with Gasteiger partial charge in [-0.1, -0.05) is 23.5 Å². The van der Waals surface area contributed by atoms with Crippen LogP contribution in [0.1, 0.15) is 29.8 Å². The average Bonchev–Trinajstić information content (AvgIpc) is 3.11. The summed E-state index contributed by atoms with van der Waals surface area (Å²) in [5.41, 5.74) is 1.85. The molecule has 0 unspecified atom stereocenters. The Bertz CT molecular complexity index is 1190. The van der Waals surface area contributed by atoms with Crippen LogP contribution in [-0.2, 0) is 32.0 Å². The standard InChI is InChI=1S/C23H24N2O6S/c1-4-30-17-9-6-15(7-10-17)12-20(26)24-23-25(14-21(27)29-3)18-11-8-16(13-19(18)32-23)22(28)31-5-2/h6-11,13H,4-5,12,14H2,1-3H3. The molecule has 0 bridgehead atoms. The van der Waals surface area contributed by atoms with Gasteiger partial charge in [0.2, 0.25) is 0 Å². The molecule has 0 saturated carbocycles. The highest BCUT2D eigenvalue weighted by molar-refractivity contribution is 7.16. The van der Waals surface area contributed by atoms with Gasteiger partial charge in [-0.2, -0.15) is 4.99 Å². The lowest BCUT2D eigenvalue weighted by atomic mass is 10.1. The van der Waals surface area contributed by atoms with Crippen LogP contribution in [0.15, 0.2) is 47.5 Å². The largest absolute Gasteiger partial charge is 0.494 e. The number of methoxy groups -OCH3 is 1. The van der Waals surface area contributed by atoms with Crippen molar-refractivity contribution < 1.29 is 28.6 Å². The Morgan fingerprint density at radius 3 is 2.44 bits per heavy atom. The molecule has 1 amide bonds. The van der Waals surface area contributed by atoms with Crippen LogP contribution >= 0.6 is 11.3 Å². The molecule has 9 heteroatoms. The SMILES string of the molecule is CCOC(=O)c1ccc2c(c1)sc(=NC(=O)Cc1ccc(OCC)cc1)n2CC(=O)OC. The highest BCUT2D eigenvalue weighted by Gasteiger charge is 2.15. The predicted molar refractivity (Wildman–Crippen MR) is 120 cm³/mol. The average molecular weight is 457 g/mol. The number of ether oxygens (including phenoxy) is 3. The fourth-order valence-corrected chi connectivity index (χ4v) is 4.12. The summed E-state index contributed by atoms with van der Waals surface area (Å²) in [6.07, 6.45) is 0.104. The van der Waals surface area contributed by atoms with E-state index >= 15 is 0 Å². The van der Waals surface area contributed by atoms with E-state index in [9.17, 15) is 14.4 Å². The third-order valence-electron chi connectivity index (χ3n) is 4.52. The molecule has 0 saturated heterocycles. The number of hydrogen-bond acceptors (Lipinski definition) is 7. The van der Waals surface area contributed by atoms with E-state index in [2.05, 4.69) is 4.99 Å². The molecule has 0 atom stereocenters. The molecule has 1 aromatic heterocycles. The first-order valence-corrected chi connectivity index (χ1v) is 10.9. The van der Waals surface area contributed by atoms with Crippen molar-refractivity contribution in [1.29, 1.82) is 0 Å². The number of hydrogen-bond donors (Lipinski definition) is 0. The second-order valence-electron chi connectivity index (χ2n) is 6.71. The molecule has 8 nitrogen and oxygen atoms in total. The van der Waals surface area contributed by atoms with E-state index in [0.29, 0.717) is 27.2 Å². The Labute approximate surface area is 189 Å². The van der Waals surface area contributed by atoms with Crippen LogP contribution in [0, 0.1) is 0 Å². The first kappa shape index (κ1) is 23.2. The number of carbonyl (C=O) groups excluding carboxylic acids is 3.